The summed E-state index contributed by atoms with van der Waals surface area (Å²) in [5.41, 5.74) is 1.53. The van der Waals surface area contributed by atoms with Gasteiger partial charge in [0.2, 0.25) is 0 Å². The van der Waals surface area contributed by atoms with Gasteiger partial charge in [-0.2, -0.15) is 0 Å². The van der Waals surface area contributed by atoms with Gasteiger partial charge in [0.1, 0.15) is 23.5 Å². The number of aryl methyl sites for hydroxylation is 1. The SMILES string of the molecule is COc1ccc([C@@H](C)[C@@H](C)OC(=O)[C@H](C)NC(=O)OC(C)(C)C)c(C)c1. The van der Waals surface area contributed by atoms with Crippen LogP contribution in [0, 0.1) is 6.92 Å². The first kappa shape index (κ1) is 21.8. The fraction of sp³-hybridized carbons (Fsp3) is 0.600. The molecule has 0 saturated carbocycles. The Hall–Kier alpha value is -2.24. The second-order valence-corrected chi connectivity index (χ2v) is 7.52. The highest BCUT2D eigenvalue weighted by Crippen LogP contribution is 2.27. The normalized spacial score (nSPS) is 14.8. The molecular formula is C20H31NO5. The average molecular weight is 365 g/mol. The van der Waals surface area contributed by atoms with Gasteiger partial charge in [0.05, 0.1) is 7.11 Å². The number of carbonyl (C=O) groups is 2. The summed E-state index contributed by atoms with van der Waals surface area (Å²) in [7, 11) is 1.63. The van der Waals surface area contributed by atoms with Crippen molar-refractivity contribution >= 4 is 12.1 Å². The first-order valence-corrected chi connectivity index (χ1v) is 8.79. The molecule has 0 aliphatic carbocycles. The summed E-state index contributed by atoms with van der Waals surface area (Å²) in [6.45, 7) is 12.7. The van der Waals surface area contributed by atoms with Crippen molar-refractivity contribution in [2.75, 3.05) is 7.11 Å². The zero-order chi connectivity index (χ0) is 20.1. The fourth-order valence-electron chi connectivity index (χ4n) is 2.47. The lowest BCUT2D eigenvalue weighted by Crippen LogP contribution is -2.43. The van der Waals surface area contributed by atoms with E-state index in [9.17, 15) is 9.59 Å². The minimum absolute atomic E-state index is 0.00131. The number of benzene rings is 1. The molecule has 6 nitrogen and oxygen atoms in total. The number of esters is 1. The summed E-state index contributed by atoms with van der Waals surface area (Å²) in [6, 6.07) is 5.02. The van der Waals surface area contributed by atoms with Crippen molar-refractivity contribution in [3.8, 4) is 5.75 Å². The number of alkyl carbamates (subject to hydrolysis) is 1. The maximum Gasteiger partial charge on any atom is 0.408 e. The topological polar surface area (TPSA) is 73.9 Å². The van der Waals surface area contributed by atoms with Crippen molar-refractivity contribution in [3.63, 3.8) is 0 Å². The highest BCUT2D eigenvalue weighted by atomic mass is 16.6. The van der Waals surface area contributed by atoms with Crippen molar-refractivity contribution in [2.45, 2.75) is 72.1 Å². The summed E-state index contributed by atoms with van der Waals surface area (Å²) >= 11 is 0. The molecule has 1 aromatic carbocycles. The molecule has 1 amide bonds. The van der Waals surface area contributed by atoms with Gasteiger partial charge in [-0.25, -0.2) is 9.59 Å². The third-order valence-corrected chi connectivity index (χ3v) is 4.06. The maximum atomic E-state index is 12.3. The van der Waals surface area contributed by atoms with Crippen LogP contribution in [-0.2, 0) is 14.3 Å². The zero-order valence-electron chi connectivity index (χ0n) is 17.0. The van der Waals surface area contributed by atoms with Gasteiger partial charge in [-0.1, -0.05) is 13.0 Å². The zero-order valence-corrected chi connectivity index (χ0v) is 17.0. The number of ether oxygens (including phenoxy) is 3. The van der Waals surface area contributed by atoms with E-state index in [0.717, 1.165) is 16.9 Å². The van der Waals surface area contributed by atoms with E-state index in [0.29, 0.717) is 0 Å². The third-order valence-electron chi connectivity index (χ3n) is 4.06. The number of methoxy groups -OCH3 is 1. The lowest BCUT2D eigenvalue weighted by molar-refractivity contribution is -0.151. The van der Waals surface area contributed by atoms with Crippen molar-refractivity contribution in [2.24, 2.45) is 0 Å². The highest BCUT2D eigenvalue weighted by Gasteiger charge is 2.26. The van der Waals surface area contributed by atoms with Crippen LogP contribution in [0.25, 0.3) is 0 Å². The molecule has 0 radical (unpaired) electrons. The lowest BCUT2D eigenvalue weighted by atomic mass is 9.92. The fourth-order valence-corrected chi connectivity index (χ4v) is 2.47. The number of hydrogen-bond acceptors (Lipinski definition) is 5. The van der Waals surface area contributed by atoms with E-state index in [-0.39, 0.29) is 12.0 Å². The summed E-state index contributed by atoms with van der Waals surface area (Å²) in [5.74, 6) is 0.290. The Labute approximate surface area is 156 Å². The summed E-state index contributed by atoms with van der Waals surface area (Å²) < 4.78 is 15.9. The predicted molar refractivity (Wildman–Crippen MR) is 101 cm³/mol. The van der Waals surface area contributed by atoms with Gasteiger partial charge in [-0.15, -0.1) is 0 Å². The summed E-state index contributed by atoms with van der Waals surface area (Å²) in [5, 5.41) is 2.49. The molecule has 0 aromatic heterocycles. The van der Waals surface area contributed by atoms with Crippen LogP contribution in [0.5, 0.6) is 5.75 Å². The largest absolute Gasteiger partial charge is 0.497 e. The molecule has 1 rings (SSSR count). The molecule has 0 saturated heterocycles. The highest BCUT2D eigenvalue weighted by molar-refractivity contribution is 5.81. The Morgan fingerprint density at radius 3 is 2.23 bits per heavy atom. The van der Waals surface area contributed by atoms with Gasteiger partial charge in [0.15, 0.2) is 0 Å². The quantitative estimate of drug-likeness (QED) is 0.773. The second kappa shape index (κ2) is 8.92. The lowest BCUT2D eigenvalue weighted by Gasteiger charge is -2.25. The molecule has 1 aromatic rings. The van der Waals surface area contributed by atoms with Crippen LogP contribution in [0.15, 0.2) is 18.2 Å². The monoisotopic (exact) mass is 365 g/mol. The first-order valence-electron chi connectivity index (χ1n) is 8.79. The van der Waals surface area contributed by atoms with Gasteiger partial charge in [0.25, 0.3) is 0 Å². The number of hydrogen-bond donors (Lipinski definition) is 1. The number of rotatable bonds is 6. The summed E-state index contributed by atoms with van der Waals surface area (Å²) in [6.07, 6.45) is -0.994. The number of amides is 1. The van der Waals surface area contributed by atoms with E-state index in [2.05, 4.69) is 5.32 Å². The molecule has 0 aliphatic heterocycles. The van der Waals surface area contributed by atoms with Crippen LogP contribution in [0.4, 0.5) is 4.79 Å². The van der Waals surface area contributed by atoms with Crippen LogP contribution < -0.4 is 10.1 Å². The summed E-state index contributed by atoms with van der Waals surface area (Å²) in [4.78, 5) is 24.0. The molecule has 0 spiro atoms. The molecule has 0 heterocycles. The molecule has 0 bridgehead atoms. The standard InChI is InChI=1S/C20H31NO5/c1-12-11-16(24-8)9-10-17(12)13(2)15(4)25-18(22)14(3)21-19(23)26-20(5,6)7/h9-11,13-15H,1-8H3,(H,21,23)/t13-,14-,15+/m0/s1. The van der Waals surface area contributed by atoms with Crippen LogP contribution >= 0.6 is 0 Å². The van der Waals surface area contributed by atoms with Gasteiger partial charge < -0.3 is 19.5 Å². The Balaban J connectivity index is 2.66. The molecule has 0 aliphatic rings. The maximum absolute atomic E-state index is 12.3. The second-order valence-electron chi connectivity index (χ2n) is 7.52. The Morgan fingerprint density at radius 2 is 1.73 bits per heavy atom. The Morgan fingerprint density at radius 1 is 1.12 bits per heavy atom. The van der Waals surface area contributed by atoms with E-state index in [1.807, 2.05) is 39.0 Å². The van der Waals surface area contributed by atoms with E-state index < -0.39 is 23.7 Å². The van der Waals surface area contributed by atoms with Crippen molar-refractivity contribution < 1.29 is 23.8 Å². The Kier molecular flexibility index (Phi) is 7.48. The molecule has 3 atom stereocenters. The molecule has 0 fully saturated rings. The molecule has 0 unspecified atom stereocenters. The van der Waals surface area contributed by atoms with E-state index >= 15 is 0 Å². The number of nitrogens with one attached hydrogen (secondary N) is 1. The van der Waals surface area contributed by atoms with Gasteiger partial charge >= 0.3 is 12.1 Å². The first-order chi connectivity index (χ1) is 11.9. The third kappa shape index (κ3) is 6.58. The van der Waals surface area contributed by atoms with Gasteiger partial charge in [-0.3, -0.25) is 0 Å². The van der Waals surface area contributed by atoms with Crippen LogP contribution in [0.3, 0.4) is 0 Å². The van der Waals surface area contributed by atoms with Crippen molar-refractivity contribution in [3.05, 3.63) is 29.3 Å². The molecule has 6 heteroatoms. The minimum atomic E-state index is -0.795. The molecule has 1 N–H and O–H groups in total. The minimum Gasteiger partial charge on any atom is -0.497 e. The average Bonchev–Trinajstić information content (AvgIpc) is 2.51. The van der Waals surface area contributed by atoms with E-state index in [4.69, 9.17) is 14.2 Å². The smallest absolute Gasteiger partial charge is 0.408 e. The van der Waals surface area contributed by atoms with E-state index in [1.165, 1.54) is 0 Å². The van der Waals surface area contributed by atoms with Gasteiger partial charge in [0, 0.05) is 5.92 Å². The van der Waals surface area contributed by atoms with Crippen molar-refractivity contribution in [1.29, 1.82) is 0 Å². The Bertz CT molecular complexity index is 636. The van der Waals surface area contributed by atoms with Crippen LogP contribution in [-0.4, -0.2) is 36.9 Å². The van der Waals surface area contributed by atoms with Gasteiger partial charge in [-0.05, 0) is 64.8 Å². The van der Waals surface area contributed by atoms with Crippen LogP contribution in [0.1, 0.15) is 58.6 Å². The molecular weight excluding hydrogens is 334 g/mol. The molecule has 26 heavy (non-hydrogen) atoms. The molecule has 146 valence electrons. The number of carbonyl (C=O) groups excluding carboxylic acids is 2. The van der Waals surface area contributed by atoms with Crippen molar-refractivity contribution in [1.82, 2.24) is 5.32 Å². The van der Waals surface area contributed by atoms with E-state index in [1.54, 1.807) is 34.8 Å². The van der Waals surface area contributed by atoms with Crippen LogP contribution in [0.2, 0.25) is 0 Å². The predicted octanol–water partition coefficient (Wildman–Crippen LogP) is 3.95.